The van der Waals surface area contributed by atoms with Crippen LogP contribution in [0.1, 0.15) is 11.1 Å². The Bertz CT molecular complexity index is 1350. The highest BCUT2D eigenvalue weighted by molar-refractivity contribution is 7.13. The Kier molecular flexibility index (Phi) is 6.43. The Balaban J connectivity index is 1.73. The summed E-state index contributed by atoms with van der Waals surface area (Å²) >= 11 is 1.34. The van der Waals surface area contributed by atoms with Crippen LogP contribution < -0.4 is 4.90 Å². The number of carbonyl (C=O) groups excluding carboxylic acids is 1. The molecule has 0 unspecified atom stereocenters. The third kappa shape index (κ3) is 4.28. The second-order valence-electron chi connectivity index (χ2n) is 7.40. The second kappa shape index (κ2) is 9.30. The number of rotatable bonds is 5. The van der Waals surface area contributed by atoms with Crippen molar-refractivity contribution in [3.8, 4) is 21.8 Å². The molecular formula is C24H16F5N3OS. The average molecular weight is 489 g/mol. The maximum atomic E-state index is 14.3. The molecule has 4 aromatic rings. The molecule has 0 radical (unpaired) electrons. The van der Waals surface area contributed by atoms with Crippen LogP contribution in [0.5, 0.6) is 0 Å². The van der Waals surface area contributed by atoms with Gasteiger partial charge in [0.15, 0.2) is 29.1 Å². The summed E-state index contributed by atoms with van der Waals surface area (Å²) < 4.78 is 68.7. The molecule has 4 nitrogen and oxygen atoms in total. The fraction of sp³-hybridized carbons (Fsp3) is 0.125. The number of anilines is 1. The molecule has 10 heteroatoms. The quantitative estimate of drug-likeness (QED) is 0.194. The molecule has 0 aliphatic carbocycles. The lowest BCUT2D eigenvalue weighted by atomic mass is 10.0. The van der Waals surface area contributed by atoms with Gasteiger partial charge in [0.25, 0.3) is 0 Å². The molecule has 2 aromatic carbocycles. The normalized spacial score (nSPS) is 11.0. The van der Waals surface area contributed by atoms with Crippen molar-refractivity contribution in [2.45, 2.75) is 13.3 Å². The highest BCUT2D eigenvalue weighted by atomic mass is 32.1. The highest BCUT2D eigenvalue weighted by Crippen LogP contribution is 2.33. The second-order valence-corrected chi connectivity index (χ2v) is 8.35. The van der Waals surface area contributed by atoms with Crippen molar-refractivity contribution >= 4 is 23.1 Å². The number of hydrogen-bond acceptors (Lipinski definition) is 4. The van der Waals surface area contributed by atoms with Gasteiger partial charge in [0, 0.05) is 18.2 Å². The molecule has 2 aromatic heterocycles. The van der Waals surface area contributed by atoms with E-state index in [1.807, 2.05) is 0 Å². The number of halogens is 5. The number of likely N-dealkylation sites (N-methyl/N-ethyl adjacent to an activating group) is 1. The van der Waals surface area contributed by atoms with Crippen molar-refractivity contribution in [3.05, 3.63) is 88.2 Å². The molecule has 1 amide bonds. The molecule has 0 aliphatic rings. The average Bonchev–Trinajstić information content (AvgIpc) is 3.39. The third-order valence-corrected chi connectivity index (χ3v) is 6.17. The number of benzene rings is 2. The lowest BCUT2D eigenvalue weighted by Crippen LogP contribution is -2.30. The van der Waals surface area contributed by atoms with Gasteiger partial charge in [-0.05, 0) is 48.2 Å². The summed E-state index contributed by atoms with van der Waals surface area (Å²) in [5.74, 6) is -8.10. The first-order chi connectivity index (χ1) is 16.2. The van der Waals surface area contributed by atoms with Crippen molar-refractivity contribution < 1.29 is 26.7 Å². The zero-order chi connectivity index (χ0) is 24.6. The van der Waals surface area contributed by atoms with E-state index in [1.165, 1.54) is 48.8 Å². The maximum Gasteiger partial charge on any atom is 0.232 e. The molecule has 0 fully saturated rings. The predicted molar refractivity (Wildman–Crippen MR) is 119 cm³/mol. The summed E-state index contributed by atoms with van der Waals surface area (Å²) in [7, 11) is 1.37. The summed E-state index contributed by atoms with van der Waals surface area (Å²) in [6, 6.07) is 9.18. The predicted octanol–water partition coefficient (Wildman–Crippen LogP) is 6.08. The van der Waals surface area contributed by atoms with Gasteiger partial charge < -0.3 is 0 Å². The van der Waals surface area contributed by atoms with Crippen LogP contribution in [0.4, 0.5) is 27.8 Å². The van der Waals surface area contributed by atoms with E-state index >= 15 is 0 Å². The van der Waals surface area contributed by atoms with Crippen LogP contribution in [-0.4, -0.2) is 22.9 Å². The number of carbonyl (C=O) groups is 1. The van der Waals surface area contributed by atoms with Crippen molar-refractivity contribution in [2.24, 2.45) is 0 Å². The molecule has 0 bridgehead atoms. The molecule has 174 valence electrons. The number of thiophene rings is 1. The van der Waals surface area contributed by atoms with Crippen LogP contribution in [0.3, 0.4) is 0 Å². The van der Waals surface area contributed by atoms with Crippen LogP contribution >= 0.6 is 11.3 Å². The fourth-order valence-corrected chi connectivity index (χ4v) is 4.06. The van der Waals surface area contributed by atoms with Gasteiger partial charge in [-0.3, -0.25) is 9.69 Å². The minimum Gasteiger partial charge on any atom is -0.298 e. The van der Waals surface area contributed by atoms with E-state index < -0.39 is 52.5 Å². The first kappa shape index (κ1) is 23.5. The van der Waals surface area contributed by atoms with Crippen LogP contribution in [0.2, 0.25) is 0 Å². The third-order valence-electron chi connectivity index (χ3n) is 5.29. The molecule has 0 saturated carbocycles. The number of hydrogen-bond donors (Lipinski definition) is 0. The van der Waals surface area contributed by atoms with Crippen LogP contribution in [-0.2, 0) is 11.2 Å². The maximum absolute atomic E-state index is 14.3. The molecule has 4 rings (SSSR count). The molecule has 34 heavy (non-hydrogen) atoms. The molecule has 0 spiro atoms. The van der Waals surface area contributed by atoms with Crippen LogP contribution in [0.25, 0.3) is 21.8 Å². The first-order valence-electron chi connectivity index (χ1n) is 9.93. The van der Waals surface area contributed by atoms with Gasteiger partial charge in [0.1, 0.15) is 11.5 Å². The molecule has 0 aliphatic heterocycles. The molecule has 0 saturated heterocycles. The van der Waals surface area contributed by atoms with Crippen LogP contribution in [0, 0.1) is 36.0 Å². The Morgan fingerprint density at radius 3 is 2.29 bits per heavy atom. The van der Waals surface area contributed by atoms with E-state index in [0.29, 0.717) is 21.8 Å². The van der Waals surface area contributed by atoms with Crippen LogP contribution in [0.15, 0.2) is 48.0 Å². The van der Waals surface area contributed by atoms with E-state index in [2.05, 4.69) is 9.97 Å². The Labute approximate surface area is 195 Å². The number of nitrogens with zero attached hydrogens (tertiary/aromatic N) is 3. The summed E-state index contributed by atoms with van der Waals surface area (Å²) in [5, 5.41) is 1.80. The Hall–Kier alpha value is -3.66. The van der Waals surface area contributed by atoms with E-state index in [-0.39, 0.29) is 5.82 Å². The minimum atomic E-state index is -1.98. The monoisotopic (exact) mass is 489 g/mol. The molecular weight excluding hydrogens is 473 g/mol. The fourth-order valence-electron chi connectivity index (χ4n) is 3.35. The zero-order valence-electron chi connectivity index (χ0n) is 17.9. The summed E-state index contributed by atoms with van der Waals surface area (Å²) in [6.07, 6.45) is 0.667. The van der Waals surface area contributed by atoms with Gasteiger partial charge >= 0.3 is 0 Å². The van der Waals surface area contributed by atoms with Gasteiger partial charge in [0.2, 0.25) is 5.91 Å². The van der Waals surface area contributed by atoms with Gasteiger partial charge in [-0.1, -0.05) is 6.07 Å². The minimum absolute atomic E-state index is 0.124. The topological polar surface area (TPSA) is 46.1 Å². The van der Waals surface area contributed by atoms with Crippen molar-refractivity contribution in [3.63, 3.8) is 0 Å². The lowest BCUT2D eigenvalue weighted by molar-refractivity contribution is -0.117. The van der Waals surface area contributed by atoms with E-state index in [0.717, 1.165) is 11.8 Å². The Morgan fingerprint density at radius 2 is 1.65 bits per heavy atom. The van der Waals surface area contributed by atoms with Crippen molar-refractivity contribution in [1.29, 1.82) is 0 Å². The molecule has 0 N–H and O–H groups in total. The van der Waals surface area contributed by atoms with E-state index in [1.54, 1.807) is 17.5 Å². The smallest absolute Gasteiger partial charge is 0.232 e. The number of aromatic nitrogens is 2. The standard InChI is InChI=1S/C24H16F5N3OS/c1-12-15(20(27)22(29)21(28)19(12)26)10-18(33)32(2)24-23(17-4-3-9-34-17)31-16(11-30-24)13-5-7-14(25)8-6-13/h3-9,11H,10H2,1-2H3. The van der Waals surface area contributed by atoms with Crippen molar-refractivity contribution in [1.82, 2.24) is 9.97 Å². The lowest BCUT2D eigenvalue weighted by Gasteiger charge is -2.20. The number of amides is 1. The van der Waals surface area contributed by atoms with Gasteiger partial charge in [-0.25, -0.2) is 31.9 Å². The summed E-state index contributed by atoms with van der Waals surface area (Å²) in [5.41, 5.74) is 0.289. The van der Waals surface area contributed by atoms with Gasteiger partial charge in [-0.2, -0.15) is 0 Å². The largest absolute Gasteiger partial charge is 0.298 e. The molecule has 2 heterocycles. The highest BCUT2D eigenvalue weighted by Gasteiger charge is 2.27. The van der Waals surface area contributed by atoms with E-state index in [4.69, 9.17) is 0 Å². The van der Waals surface area contributed by atoms with Gasteiger partial charge in [0.05, 0.1) is 23.2 Å². The van der Waals surface area contributed by atoms with Gasteiger partial charge in [-0.15, -0.1) is 11.3 Å². The SMILES string of the molecule is Cc1c(F)c(F)c(F)c(F)c1CC(=O)N(C)c1ncc(-c2ccc(F)cc2)nc1-c1cccs1. The zero-order valence-corrected chi connectivity index (χ0v) is 18.7. The first-order valence-corrected chi connectivity index (χ1v) is 10.8. The summed E-state index contributed by atoms with van der Waals surface area (Å²) in [4.78, 5) is 23.7. The van der Waals surface area contributed by atoms with Crippen molar-refractivity contribution in [2.75, 3.05) is 11.9 Å². The summed E-state index contributed by atoms with van der Waals surface area (Å²) in [6.45, 7) is 1.07. The molecule has 0 atom stereocenters. The van der Waals surface area contributed by atoms with E-state index in [9.17, 15) is 26.7 Å². The Morgan fingerprint density at radius 1 is 0.971 bits per heavy atom.